The molecule has 4 rings (SSSR count). The lowest BCUT2D eigenvalue weighted by atomic mass is 9.98. The molecular weight excluding hydrogens is 512 g/mol. The fourth-order valence-corrected chi connectivity index (χ4v) is 8.50. The minimum absolute atomic E-state index is 0.230. The summed E-state index contributed by atoms with van der Waals surface area (Å²) in [6.45, 7) is 1.92. The lowest BCUT2D eigenvalue weighted by Crippen LogP contribution is -2.68. The Hall–Kier alpha value is -0.290. The van der Waals surface area contributed by atoms with Crippen molar-refractivity contribution >= 4 is 88.8 Å². The van der Waals surface area contributed by atoms with Crippen molar-refractivity contribution in [3.05, 3.63) is 24.3 Å². The molecule has 2 fully saturated rings. The topological polar surface area (TPSA) is 70.5 Å². The largest absolute Gasteiger partial charge is 0.480 e. The minimum atomic E-state index is -0.966. The molecule has 1 aromatic heterocycles. The average Bonchev–Trinajstić information content (AvgIpc) is 3.10. The number of hydrogen-bond acceptors (Lipinski definition) is 6. The van der Waals surface area contributed by atoms with Crippen molar-refractivity contribution in [1.29, 1.82) is 0 Å². The number of carboxylic acids is 1. The number of β-lactam (4-membered cyclic amide) rings is 1. The van der Waals surface area contributed by atoms with Gasteiger partial charge < -0.3 is 10.0 Å². The van der Waals surface area contributed by atoms with Crippen LogP contribution in [0.2, 0.25) is 0 Å². The summed E-state index contributed by atoms with van der Waals surface area (Å²) in [5.74, 6) is -0.637. The highest BCUT2D eigenvalue weighted by Gasteiger charge is 2.70. The van der Waals surface area contributed by atoms with E-state index in [1.807, 2.05) is 31.2 Å². The molecule has 0 unspecified atom stereocenters. The molecular formula is C15H12Br2N2O3S3. The van der Waals surface area contributed by atoms with Crippen molar-refractivity contribution < 1.29 is 14.7 Å². The molecule has 1 N–H and O–H groups in total. The molecule has 1 aromatic carbocycles. The predicted octanol–water partition coefficient (Wildman–Crippen LogP) is 4.00. The van der Waals surface area contributed by atoms with Crippen molar-refractivity contribution in [1.82, 2.24) is 9.88 Å². The van der Waals surface area contributed by atoms with E-state index in [1.54, 1.807) is 23.1 Å². The summed E-state index contributed by atoms with van der Waals surface area (Å²) in [6, 6.07) is 7.08. The van der Waals surface area contributed by atoms with E-state index in [0.717, 1.165) is 14.6 Å². The first-order valence-corrected chi connectivity index (χ1v) is 11.6. The molecule has 2 saturated heterocycles. The van der Waals surface area contributed by atoms with Gasteiger partial charge >= 0.3 is 5.97 Å². The maximum absolute atomic E-state index is 12.3. The van der Waals surface area contributed by atoms with Gasteiger partial charge in [0, 0.05) is 5.75 Å². The van der Waals surface area contributed by atoms with Crippen LogP contribution in [0.5, 0.6) is 0 Å². The van der Waals surface area contributed by atoms with Gasteiger partial charge in [-0.15, -0.1) is 23.1 Å². The van der Waals surface area contributed by atoms with Crippen LogP contribution in [-0.2, 0) is 9.59 Å². The van der Waals surface area contributed by atoms with Crippen LogP contribution in [0.3, 0.4) is 0 Å². The number of benzene rings is 1. The number of nitrogens with zero attached hydrogens (tertiary/aromatic N) is 2. The van der Waals surface area contributed by atoms with Gasteiger partial charge in [-0.2, -0.15) is 0 Å². The van der Waals surface area contributed by atoms with Gasteiger partial charge in [0.05, 0.1) is 15.0 Å². The third-order valence-corrected chi connectivity index (χ3v) is 10.9. The highest BCUT2D eigenvalue weighted by atomic mass is 79.9. The Labute approximate surface area is 173 Å². The fraction of sp³-hybridized carbons (Fsp3) is 0.400. The molecule has 3 heterocycles. The molecule has 0 spiro atoms. The average molecular weight is 524 g/mol. The molecule has 25 heavy (non-hydrogen) atoms. The second-order valence-electron chi connectivity index (χ2n) is 6.10. The standard InChI is InChI=1S/C15H12Br2N2O3S3/c1-14(6-23-13-18-7-4-2-3-5-8(7)24-13)9(10(20)21)19-11(22)15(16,17)12(19)25-14/h2-5,9,12H,6H2,1H3,(H,20,21)/t9-,12+,14-/m0/s1. The molecule has 0 radical (unpaired) electrons. The third kappa shape index (κ3) is 2.75. The number of rotatable bonds is 4. The number of para-hydroxylation sites is 1. The number of hydrogen-bond donors (Lipinski definition) is 1. The van der Waals surface area contributed by atoms with Crippen LogP contribution in [-0.4, -0.2) is 52.0 Å². The molecule has 132 valence electrons. The number of fused-ring (bicyclic) bond motifs is 2. The number of thiazole rings is 1. The van der Waals surface area contributed by atoms with Crippen LogP contribution in [0.25, 0.3) is 10.2 Å². The monoisotopic (exact) mass is 522 g/mol. The summed E-state index contributed by atoms with van der Waals surface area (Å²) in [4.78, 5) is 30.2. The normalized spacial score (nSPS) is 30.4. The molecule has 2 aromatic rings. The summed E-state index contributed by atoms with van der Waals surface area (Å²) < 4.78 is 0.564. The molecule has 2 aliphatic rings. The predicted molar refractivity (Wildman–Crippen MR) is 109 cm³/mol. The van der Waals surface area contributed by atoms with Gasteiger partial charge in [0.25, 0.3) is 5.91 Å². The van der Waals surface area contributed by atoms with E-state index in [1.165, 1.54) is 16.7 Å². The number of alkyl halides is 2. The number of thioether (sulfide) groups is 2. The number of carboxylic acid groups (broad SMARTS) is 1. The Morgan fingerprint density at radius 3 is 2.84 bits per heavy atom. The lowest BCUT2D eigenvalue weighted by molar-refractivity contribution is -0.157. The van der Waals surface area contributed by atoms with Gasteiger partial charge in [-0.3, -0.25) is 4.79 Å². The SMILES string of the molecule is C[C@@]1(CSc2nc3ccccc3s2)S[C@H]2N(C(=O)C2(Br)Br)[C@H]1C(=O)O. The first kappa shape index (κ1) is 18.1. The van der Waals surface area contributed by atoms with Gasteiger partial charge in [0.2, 0.25) is 0 Å². The first-order chi connectivity index (χ1) is 11.7. The highest BCUT2D eigenvalue weighted by Crippen LogP contribution is 2.61. The lowest BCUT2D eigenvalue weighted by Gasteiger charge is -2.46. The van der Waals surface area contributed by atoms with Gasteiger partial charge in [-0.05, 0) is 19.1 Å². The second kappa shape index (κ2) is 6.12. The molecule has 3 atom stereocenters. The van der Waals surface area contributed by atoms with Gasteiger partial charge in [-0.25, -0.2) is 9.78 Å². The minimum Gasteiger partial charge on any atom is -0.480 e. The van der Waals surface area contributed by atoms with Crippen LogP contribution >= 0.6 is 66.7 Å². The summed E-state index contributed by atoms with van der Waals surface area (Å²) in [5.41, 5.74) is 0.952. The van der Waals surface area contributed by atoms with Gasteiger partial charge in [0.15, 0.2) is 7.57 Å². The van der Waals surface area contributed by atoms with Crippen LogP contribution in [0.4, 0.5) is 0 Å². The Kier molecular flexibility index (Phi) is 4.43. The Bertz CT molecular complexity index is 857. The Balaban J connectivity index is 1.57. The summed E-state index contributed by atoms with van der Waals surface area (Å²) >= 11 is 11.4. The van der Waals surface area contributed by atoms with E-state index in [-0.39, 0.29) is 11.3 Å². The summed E-state index contributed by atoms with van der Waals surface area (Å²) in [7, 11) is 0. The number of aliphatic carboxylic acids is 1. The Morgan fingerprint density at radius 1 is 1.44 bits per heavy atom. The van der Waals surface area contributed by atoms with Crippen LogP contribution in [0, 0.1) is 0 Å². The van der Waals surface area contributed by atoms with Crippen molar-refractivity contribution in [3.63, 3.8) is 0 Å². The molecule has 2 aliphatic heterocycles. The molecule has 0 saturated carbocycles. The van der Waals surface area contributed by atoms with E-state index in [4.69, 9.17) is 0 Å². The molecule has 0 aliphatic carbocycles. The van der Waals surface area contributed by atoms with E-state index >= 15 is 0 Å². The summed E-state index contributed by atoms with van der Waals surface area (Å²) in [5, 5.41) is 9.48. The van der Waals surface area contributed by atoms with E-state index in [0.29, 0.717) is 5.75 Å². The zero-order chi connectivity index (χ0) is 18.0. The molecule has 1 amide bonds. The number of amides is 1. The van der Waals surface area contributed by atoms with Crippen LogP contribution in [0.1, 0.15) is 6.92 Å². The van der Waals surface area contributed by atoms with Crippen molar-refractivity contribution in [2.24, 2.45) is 0 Å². The molecule has 5 nitrogen and oxygen atoms in total. The Morgan fingerprint density at radius 2 is 2.16 bits per heavy atom. The van der Waals surface area contributed by atoms with Gasteiger partial charge in [-0.1, -0.05) is 55.8 Å². The number of aromatic nitrogens is 1. The smallest absolute Gasteiger partial charge is 0.327 e. The number of carbonyl (C=O) groups excluding carboxylic acids is 1. The zero-order valence-corrected chi connectivity index (χ0v) is 18.4. The fourth-order valence-electron chi connectivity index (χ4n) is 3.10. The van der Waals surface area contributed by atoms with Crippen molar-refractivity contribution in [2.75, 3.05) is 5.75 Å². The molecule has 10 heteroatoms. The first-order valence-electron chi connectivity index (χ1n) is 7.33. The van der Waals surface area contributed by atoms with Crippen LogP contribution in [0.15, 0.2) is 28.6 Å². The van der Waals surface area contributed by atoms with Gasteiger partial charge in [0.1, 0.15) is 11.4 Å². The zero-order valence-electron chi connectivity index (χ0n) is 12.8. The highest BCUT2D eigenvalue weighted by molar-refractivity contribution is 9.26. The van der Waals surface area contributed by atoms with Crippen molar-refractivity contribution in [3.8, 4) is 0 Å². The van der Waals surface area contributed by atoms with Crippen LogP contribution < -0.4 is 0 Å². The number of halogens is 2. The maximum Gasteiger partial charge on any atom is 0.327 e. The van der Waals surface area contributed by atoms with E-state index in [9.17, 15) is 14.7 Å². The maximum atomic E-state index is 12.3. The van der Waals surface area contributed by atoms with E-state index in [2.05, 4.69) is 36.8 Å². The third-order valence-electron chi connectivity index (χ3n) is 4.31. The number of carbonyl (C=O) groups is 2. The molecule has 0 bridgehead atoms. The second-order valence-corrected chi connectivity index (χ2v) is 13.5. The van der Waals surface area contributed by atoms with Crippen molar-refractivity contribution in [2.45, 2.75) is 30.7 Å². The van der Waals surface area contributed by atoms with E-state index < -0.39 is 20.0 Å². The quantitative estimate of drug-likeness (QED) is 0.371. The summed E-state index contributed by atoms with van der Waals surface area (Å²) in [6.07, 6.45) is 0.